The molecule has 0 aliphatic carbocycles. The van der Waals surface area contributed by atoms with Gasteiger partial charge in [-0.1, -0.05) is 27.7 Å². The standard InChI is InChI=1S/C12H25NO2Si/c1-7-9-10(13-11(9)14)8-15-16(5,6)12(2,3)4/h9-10H,7-8H2,1-6H3,(H,13,14)/t9-,10+/m1/s1. The predicted molar refractivity (Wildman–Crippen MR) is 68.9 cm³/mol. The molecule has 94 valence electrons. The first kappa shape index (κ1) is 13.7. The van der Waals surface area contributed by atoms with Crippen molar-refractivity contribution in [3.8, 4) is 0 Å². The smallest absolute Gasteiger partial charge is 0.225 e. The van der Waals surface area contributed by atoms with Crippen molar-refractivity contribution in [2.45, 2.75) is 58.3 Å². The molecular weight excluding hydrogens is 218 g/mol. The van der Waals surface area contributed by atoms with Gasteiger partial charge in [0, 0.05) is 0 Å². The topological polar surface area (TPSA) is 38.3 Å². The molecule has 1 saturated heterocycles. The number of carbonyl (C=O) groups excluding carboxylic acids is 1. The number of hydrogen-bond acceptors (Lipinski definition) is 2. The predicted octanol–water partition coefficient (Wildman–Crippen LogP) is 2.53. The molecule has 1 N–H and O–H groups in total. The third kappa shape index (κ3) is 2.66. The maximum Gasteiger partial charge on any atom is 0.225 e. The summed E-state index contributed by atoms with van der Waals surface area (Å²) >= 11 is 0. The number of β-lactam (4-membered cyclic amide) rings is 1. The van der Waals surface area contributed by atoms with Crippen molar-refractivity contribution in [3.63, 3.8) is 0 Å². The minimum Gasteiger partial charge on any atom is -0.415 e. The Bertz CT molecular complexity index is 271. The number of amides is 1. The molecule has 1 aliphatic rings. The molecule has 4 heteroatoms. The van der Waals surface area contributed by atoms with Crippen LogP contribution in [0.2, 0.25) is 18.1 Å². The van der Waals surface area contributed by atoms with Crippen LogP contribution >= 0.6 is 0 Å². The van der Waals surface area contributed by atoms with E-state index in [1.165, 1.54) is 0 Å². The molecule has 16 heavy (non-hydrogen) atoms. The fraction of sp³-hybridized carbons (Fsp3) is 0.917. The lowest BCUT2D eigenvalue weighted by molar-refractivity contribution is -0.136. The Hall–Kier alpha value is -0.353. The monoisotopic (exact) mass is 243 g/mol. The lowest BCUT2D eigenvalue weighted by atomic mass is 9.89. The van der Waals surface area contributed by atoms with Gasteiger partial charge in [-0.2, -0.15) is 0 Å². The van der Waals surface area contributed by atoms with E-state index in [1.807, 2.05) is 0 Å². The molecule has 0 aromatic heterocycles. The Morgan fingerprint density at radius 1 is 1.38 bits per heavy atom. The summed E-state index contributed by atoms with van der Waals surface area (Å²) in [5.74, 6) is 0.357. The Balaban J connectivity index is 2.44. The van der Waals surface area contributed by atoms with Crippen LogP contribution in [0.4, 0.5) is 0 Å². The average Bonchev–Trinajstić information content (AvgIpc) is 2.10. The summed E-state index contributed by atoms with van der Waals surface area (Å²) in [7, 11) is -1.67. The van der Waals surface area contributed by atoms with Crippen LogP contribution in [0.25, 0.3) is 0 Å². The second kappa shape index (κ2) is 4.49. The van der Waals surface area contributed by atoms with E-state index in [0.29, 0.717) is 6.61 Å². The quantitative estimate of drug-likeness (QED) is 0.609. The Morgan fingerprint density at radius 3 is 2.31 bits per heavy atom. The van der Waals surface area contributed by atoms with Gasteiger partial charge in [0.05, 0.1) is 18.6 Å². The van der Waals surface area contributed by atoms with E-state index in [2.05, 4.69) is 46.1 Å². The summed E-state index contributed by atoms with van der Waals surface area (Å²) in [4.78, 5) is 11.2. The molecule has 0 spiro atoms. The van der Waals surface area contributed by atoms with E-state index in [0.717, 1.165) is 6.42 Å². The third-order valence-electron chi connectivity index (χ3n) is 4.02. The molecule has 1 heterocycles. The summed E-state index contributed by atoms with van der Waals surface area (Å²) in [6.07, 6.45) is 0.914. The van der Waals surface area contributed by atoms with Crippen molar-refractivity contribution in [2.24, 2.45) is 5.92 Å². The van der Waals surface area contributed by atoms with E-state index >= 15 is 0 Å². The molecule has 1 amide bonds. The van der Waals surface area contributed by atoms with Gasteiger partial charge in [-0.25, -0.2) is 0 Å². The normalized spacial score (nSPS) is 26.2. The molecule has 2 atom stereocenters. The summed E-state index contributed by atoms with van der Waals surface area (Å²) in [5.41, 5.74) is 0. The van der Waals surface area contributed by atoms with Gasteiger partial charge in [-0.05, 0) is 24.6 Å². The van der Waals surface area contributed by atoms with Crippen LogP contribution < -0.4 is 5.32 Å². The van der Waals surface area contributed by atoms with Crippen molar-refractivity contribution in [3.05, 3.63) is 0 Å². The zero-order valence-electron chi connectivity index (χ0n) is 11.4. The second-order valence-corrected chi connectivity index (χ2v) is 11.0. The molecule has 0 unspecified atom stereocenters. The molecule has 0 aromatic rings. The first-order valence-electron chi connectivity index (χ1n) is 6.13. The van der Waals surface area contributed by atoms with Gasteiger partial charge in [0.1, 0.15) is 0 Å². The number of carbonyl (C=O) groups is 1. The van der Waals surface area contributed by atoms with Crippen LogP contribution in [0.3, 0.4) is 0 Å². The van der Waals surface area contributed by atoms with Crippen LogP contribution in [-0.4, -0.2) is 26.9 Å². The van der Waals surface area contributed by atoms with Gasteiger partial charge >= 0.3 is 0 Å². The van der Waals surface area contributed by atoms with Crippen LogP contribution in [0, 0.1) is 5.92 Å². The van der Waals surface area contributed by atoms with E-state index in [1.54, 1.807) is 0 Å². The highest BCUT2D eigenvalue weighted by Crippen LogP contribution is 2.37. The number of hydrogen-bond donors (Lipinski definition) is 1. The average molecular weight is 243 g/mol. The largest absolute Gasteiger partial charge is 0.415 e. The van der Waals surface area contributed by atoms with Gasteiger partial charge in [0.25, 0.3) is 0 Å². The Labute approximate surface area is 100 Å². The SMILES string of the molecule is CC[C@H]1C(=O)N[C@H]1CO[Si](C)(C)C(C)(C)C. The number of rotatable bonds is 4. The zero-order valence-corrected chi connectivity index (χ0v) is 12.4. The second-order valence-electron chi connectivity index (χ2n) is 6.20. The van der Waals surface area contributed by atoms with E-state index in [4.69, 9.17) is 4.43 Å². The van der Waals surface area contributed by atoms with Gasteiger partial charge in [0.2, 0.25) is 5.91 Å². The Morgan fingerprint density at radius 2 is 1.94 bits per heavy atom. The minimum absolute atomic E-state index is 0.171. The van der Waals surface area contributed by atoms with Crippen LogP contribution in [-0.2, 0) is 9.22 Å². The van der Waals surface area contributed by atoms with Gasteiger partial charge in [0.15, 0.2) is 8.32 Å². The number of nitrogens with one attached hydrogen (secondary N) is 1. The highest BCUT2D eigenvalue weighted by atomic mass is 28.4. The fourth-order valence-corrected chi connectivity index (χ4v) is 2.65. The molecule has 3 nitrogen and oxygen atoms in total. The summed E-state index contributed by atoms with van der Waals surface area (Å²) < 4.78 is 6.10. The minimum atomic E-state index is -1.67. The zero-order chi connectivity index (χ0) is 12.6. The van der Waals surface area contributed by atoms with Crippen LogP contribution in [0.15, 0.2) is 0 Å². The summed E-state index contributed by atoms with van der Waals surface area (Å²) in [6, 6.07) is 0.242. The van der Waals surface area contributed by atoms with Gasteiger partial charge < -0.3 is 9.74 Å². The maximum atomic E-state index is 11.2. The Kier molecular flexibility index (Phi) is 3.85. The molecular formula is C12H25NO2Si. The molecule has 0 aromatic carbocycles. The molecule has 1 rings (SSSR count). The molecule has 1 fully saturated rings. The molecule has 1 aliphatic heterocycles. The third-order valence-corrected chi connectivity index (χ3v) is 8.52. The van der Waals surface area contributed by atoms with Crippen molar-refractivity contribution < 1.29 is 9.22 Å². The molecule has 0 bridgehead atoms. The molecule has 0 radical (unpaired) electrons. The van der Waals surface area contributed by atoms with Gasteiger partial charge in [-0.3, -0.25) is 4.79 Å². The van der Waals surface area contributed by atoms with Crippen molar-refractivity contribution in [2.75, 3.05) is 6.61 Å². The highest BCUT2D eigenvalue weighted by molar-refractivity contribution is 6.74. The lowest BCUT2D eigenvalue weighted by Crippen LogP contribution is -2.61. The van der Waals surface area contributed by atoms with Gasteiger partial charge in [-0.15, -0.1) is 0 Å². The fourth-order valence-electron chi connectivity index (χ4n) is 1.62. The molecule has 0 saturated carbocycles. The van der Waals surface area contributed by atoms with E-state index < -0.39 is 8.32 Å². The maximum absolute atomic E-state index is 11.2. The van der Waals surface area contributed by atoms with E-state index in [9.17, 15) is 4.79 Å². The van der Waals surface area contributed by atoms with Crippen molar-refractivity contribution in [1.82, 2.24) is 5.32 Å². The lowest BCUT2D eigenvalue weighted by Gasteiger charge is -2.41. The summed E-state index contributed by atoms with van der Waals surface area (Å²) in [6.45, 7) is 13.9. The van der Waals surface area contributed by atoms with Crippen LogP contribution in [0.1, 0.15) is 34.1 Å². The van der Waals surface area contributed by atoms with E-state index in [-0.39, 0.29) is 22.9 Å². The highest BCUT2D eigenvalue weighted by Gasteiger charge is 2.42. The van der Waals surface area contributed by atoms with Crippen molar-refractivity contribution in [1.29, 1.82) is 0 Å². The summed E-state index contributed by atoms with van der Waals surface area (Å²) in [5, 5.41) is 3.16. The van der Waals surface area contributed by atoms with Crippen molar-refractivity contribution >= 4 is 14.2 Å². The first-order valence-corrected chi connectivity index (χ1v) is 9.04. The van der Waals surface area contributed by atoms with Crippen LogP contribution in [0.5, 0.6) is 0 Å². The first-order chi connectivity index (χ1) is 7.19.